The van der Waals surface area contributed by atoms with E-state index >= 15 is 0 Å². The number of thiocarbonyl (C=S) groups is 1. The summed E-state index contributed by atoms with van der Waals surface area (Å²) in [5.41, 5.74) is 3.22. The number of carbonyl (C=O) groups excluding carboxylic acids is 1. The number of methoxy groups -OCH3 is 1. The van der Waals surface area contributed by atoms with Crippen molar-refractivity contribution in [2.45, 2.75) is 4.90 Å². The summed E-state index contributed by atoms with van der Waals surface area (Å²) in [6, 6.07) is 31.3. The normalized spacial score (nSPS) is 11.0. The second kappa shape index (κ2) is 14.4. The molecule has 0 aliphatic heterocycles. The van der Waals surface area contributed by atoms with Gasteiger partial charge in [0.2, 0.25) is 0 Å². The van der Waals surface area contributed by atoms with Crippen LogP contribution < -0.4 is 29.6 Å². The number of ether oxygens (including phenoxy) is 3. The molecule has 0 unspecified atom stereocenters. The van der Waals surface area contributed by atoms with Gasteiger partial charge < -0.3 is 24.8 Å². The van der Waals surface area contributed by atoms with Crippen LogP contribution in [0.5, 0.6) is 23.3 Å². The molecule has 0 bridgehead atoms. The summed E-state index contributed by atoms with van der Waals surface area (Å²) in [5.74, 6) is 0.938. The van der Waals surface area contributed by atoms with Crippen molar-refractivity contribution < 1.29 is 27.4 Å². The number of nitrogens with zero attached hydrogens (tertiary/aromatic N) is 2. The lowest BCUT2D eigenvalue weighted by molar-refractivity contribution is 0.0719. The molecule has 3 N–H and O–H groups in total. The molecular formula is C36H29N5O6S2. The topological polar surface area (TPSA) is 141 Å². The van der Waals surface area contributed by atoms with E-state index in [9.17, 15) is 13.2 Å². The van der Waals surface area contributed by atoms with Crippen LogP contribution in [0.4, 0.5) is 11.4 Å². The van der Waals surface area contributed by atoms with E-state index < -0.39 is 16.0 Å². The van der Waals surface area contributed by atoms with Crippen molar-refractivity contribution in [1.29, 1.82) is 0 Å². The van der Waals surface area contributed by atoms with Crippen LogP contribution >= 0.6 is 12.2 Å². The maximum absolute atomic E-state index is 13.4. The lowest BCUT2D eigenvalue weighted by Crippen LogP contribution is -2.24. The molecule has 49 heavy (non-hydrogen) atoms. The second-order valence-corrected chi connectivity index (χ2v) is 12.6. The Balaban J connectivity index is 1.09. The summed E-state index contributed by atoms with van der Waals surface area (Å²) in [6.07, 6.45) is 2.81. The van der Waals surface area contributed by atoms with Gasteiger partial charge in [-0.2, -0.15) is 9.97 Å². The molecule has 246 valence electrons. The molecule has 0 amide bonds. The van der Waals surface area contributed by atoms with Gasteiger partial charge >= 0.3 is 12.0 Å². The van der Waals surface area contributed by atoms with E-state index in [2.05, 4.69) is 25.3 Å². The van der Waals surface area contributed by atoms with E-state index in [0.717, 1.165) is 27.6 Å². The fourth-order valence-corrected chi connectivity index (χ4v) is 6.02. The second-order valence-electron chi connectivity index (χ2n) is 10.5. The van der Waals surface area contributed by atoms with Crippen LogP contribution in [0.15, 0.2) is 126 Å². The maximum Gasteiger partial charge on any atom is 0.345 e. The van der Waals surface area contributed by atoms with Gasteiger partial charge in [0.15, 0.2) is 10.9 Å². The molecule has 0 atom stereocenters. The number of benzene rings is 5. The van der Waals surface area contributed by atoms with Gasteiger partial charge in [0.1, 0.15) is 11.5 Å². The molecule has 0 saturated carbocycles. The molecule has 11 nitrogen and oxygen atoms in total. The van der Waals surface area contributed by atoms with E-state index in [1.807, 2.05) is 36.4 Å². The van der Waals surface area contributed by atoms with Gasteiger partial charge in [-0.15, -0.1) is 0 Å². The van der Waals surface area contributed by atoms with E-state index in [1.165, 1.54) is 19.5 Å². The number of hydrogen-bond donors (Lipinski definition) is 3. The van der Waals surface area contributed by atoms with E-state index in [4.69, 9.17) is 26.4 Å². The number of nitrogens with one attached hydrogen (secondary N) is 3. The first kappa shape index (κ1) is 32.9. The van der Waals surface area contributed by atoms with E-state index in [0.29, 0.717) is 33.6 Å². The average molecular weight is 692 g/mol. The van der Waals surface area contributed by atoms with Crippen LogP contribution in [0.1, 0.15) is 10.4 Å². The van der Waals surface area contributed by atoms with Crippen LogP contribution in [0.3, 0.4) is 0 Å². The highest BCUT2D eigenvalue weighted by atomic mass is 32.2. The number of carbonyl (C=O) groups is 1. The SMILES string of the molecule is CNC(=S)Nc1ccc(NS(=O)(=O)c2ccc(-c3ccc(Oc4ccc(C(=O)Oc5ncc(OC)cn5)cc4)cc3)cc2)c2ccccc12. The van der Waals surface area contributed by atoms with Crippen LogP contribution in [0, 0.1) is 0 Å². The lowest BCUT2D eigenvalue weighted by Gasteiger charge is -2.15. The van der Waals surface area contributed by atoms with Gasteiger partial charge in [-0.25, -0.2) is 13.2 Å². The lowest BCUT2D eigenvalue weighted by atomic mass is 10.1. The molecule has 1 aromatic heterocycles. The van der Waals surface area contributed by atoms with Gasteiger partial charge in [0, 0.05) is 23.5 Å². The molecular weight excluding hydrogens is 663 g/mol. The number of esters is 1. The first-order chi connectivity index (χ1) is 23.7. The van der Waals surface area contributed by atoms with Crippen LogP contribution in [0.2, 0.25) is 0 Å². The zero-order valence-corrected chi connectivity index (χ0v) is 27.8. The van der Waals surface area contributed by atoms with Crippen molar-refractivity contribution in [3.8, 4) is 34.4 Å². The van der Waals surface area contributed by atoms with Crippen LogP contribution in [-0.4, -0.2) is 43.6 Å². The molecule has 0 radical (unpaired) electrons. The maximum atomic E-state index is 13.4. The average Bonchev–Trinajstić information content (AvgIpc) is 3.13. The first-order valence-electron chi connectivity index (χ1n) is 14.8. The largest absolute Gasteiger partial charge is 0.494 e. The van der Waals surface area contributed by atoms with E-state index in [1.54, 1.807) is 79.8 Å². The van der Waals surface area contributed by atoms with Crippen molar-refractivity contribution in [3.63, 3.8) is 0 Å². The Hall–Kier alpha value is -6.05. The number of aromatic nitrogens is 2. The molecule has 6 rings (SSSR count). The molecule has 5 aromatic carbocycles. The summed E-state index contributed by atoms with van der Waals surface area (Å²) in [5, 5.41) is 8.00. The van der Waals surface area contributed by atoms with Gasteiger partial charge in [-0.3, -0.25) is 4.72 Å². The Morgan fingerprint density at radius 2 is 1.27 bits per heavy atom. The van der Waals surface area contributed by atoms with Gasteiger partial charge in [-0.05, 0) is 84.0 Å². The molecule has 0 spiro atoms. The summed E-state index contributed by atoms with van der Waals surface area (Å²) < 4.78 is 45.6. The number of fused-ring (bicyclic) bond motifs is 1. The fraction of sp³-hybridized carbons (Fsp3) is 0.0556. The predicted molar refractivity (Wildman–Crippen MR) is 192 cm³/mol. The molecule has 0 aliphatic rings. The predicted octanol–water partition coefficient (Wildman–Crippen LogP) is 7.03. The van der Waals surface area contributed by atoms with Crippen molar-refractivity contribution in [2.75, 3.05) is 24.2 Å². The Kier molecular flexibility index (Phi) is 9.65. The Labute approximate surface area is 288 Å². The summed E-state index contributed by atoms with van der Waals surface area (Å²) in [6.45, 7) is 0. The molecule has 6 aromatic rings. The smallest absolute Gasteiger partial charge is 0.345 e. The summed E-state index contributed by atoms with van der Waals surface area (Å²) >= 11 is 5.24. The van der Waals surface area contributed by atoms with Gasteiger partial charge in [0.05, 0.1) is 35.6 Å². The third-order valence-corrected chi connectivity index (χ3v) is 9.03. The first-order valence-corrected chi connectivity index (χ1v) is 16.7. The van der Waals surface area contributed by atoms with Crippen LogP contribution in [-0.2, 0) is 10.0 Å². The third kappa shape index (κ3) is 7.75. The Morgan fingerprint density at radius 1 is 0.714 bits per heavy atom. The van der Waals surface area contributed by atoms with Crippen molar-refractivity contribution in [2.24, 2.45) is 0 Å². The molecule has 0 saturated heterocycles. The van der Waals surface area contributed by atoms with Gasteiger partial charge in [-0.1, -0.05) is 48.5 Å². The Morgan fingerprint density at radius 3 is 1.86 bits per heavy atom. The fourth-order valence-electron chi connectivity index (χ4n) is 4.83. The third-order valence-electron chi connectivity index (χ3n) is 7.35. The minimum Gasteiger partial charge on any atom is -0.494 e. The number of rotatable bonds is 10. The van der Waals surface area contributed by atoms with Crippen molar-refractivity contribution in [3.05, 3.63) is 127 Å². The zero-order valence-electron chi connectivity index (χ0n) is 26.2. The minimum atomic E-state index is -3.88. The van der Waals surface area contributed by atoms with E-state index in [-0.39, 0.29) is 10.9 Å². The quantitative estimate of drug-likeness (QED) is 0.101. The monoisotopic (exact) mass is 691 g/mol. The zero-order chi connectivity index (χ0) is 34.4. The Bertz CT molecular complexity index is 2230. The molecule has 1 heterocycles. The highest BCUT2D eigenvalue weighted by Gasteiger charge is 2.17. The summed E-state index contributed by atoms with van der Waals surface area (Å²) in [4.78, 5) is 20.4. The summed E-state index contributed by atoms with van der Waals surface area (Å²) in [7, 11) is -0.669. The van der Waals surface area contributed by atoms with Gasteiger partial charge in [0.25, 0.3) is 10.0 Å². The standard InChI is InChI=1S/C36H29N5O6S2/c1-37-36(48)40-32-19-20-33(31-6-4-3-5-30(31)32)41-49(43,44)29-17-11-24(12-18-29)23-7-13-26(14-8-23)46-27-15-9-25(10-16-27)34(42)47-35-38-21-28(45-2)22-39-35/h3-22,41H,1-2H3,(H2,37,40,48). The minimum absolute atomic E-state index is 0.0846. The number of anilines is 2. The number of sulfonamides is 1. The highest BCUT2D eigenvalue weighted by molar-refractivity contribution is 7.92. The van der Waals surface area contributed by atoms with Crippen molar-refractivity contribution >= 4 is 55.5 Å². The van der Waals surface area contributed by atoms with Crippen LogP contribution in [0.25, 0.3) is 21.9 Å². The molecule has 0 fully saturated rings. The molecule has 13 heteroatoms. The highest BCUT2D eigenvalue weighted by Crippen LogP contribution is 2.32. The number of hydrogen-bond acceptors (Lipinski definition) is 9. The van der Waals surface area contributed by atoms with Crippen molar-refractivity contribution in [1.82, 2.24) is 15.3 Å². The molecule has 0 aliphatic carbocycles.